The summed E-state index contributed by atoms with van der Waals surface area (Å²) < 4.78 is 46.2. The van der Waals surface area contributed by atoms with Crippen LogP contribution in [0.1, 0.15) is 42.5 Å². The highest BCUT2D eigenvalue weighted by atomic mass is 19.4. The number of carbonyl (C=O) groups is 1. The lowest BCUT2D eigenvalue weighted by atomic mass is 9.78. The Kier molecular flexibility index (Phi) is 4.60. The predicted octanol–water partition coefficient (Wildman–Crippen LogP) is 4.12. The van der Waals surface area contributed by atoms with Crippen LogP contribution in [0, 0.1) is 17.8 Å². The molecule has 0 spiro atoms. The third kappa shape index (κ3) is 3.43. The molecule has 33 heavy (non-hydrogen) atoms. The van der Waals surface area contributed by atoms with Gasteiger partial charge in [0.2, 0.25) is 17.6 Å². The lowest BCUT2D eigenvalue weighted by molar-refractivity contribution is -0.140. The molecule has 10 heteroatoms. The van der Waals surface area contributed by atoms with E-state index in [1.165, 1.54) is 12.1 Å². The van der Waals surface area contributed by atoms with Gasteiger partial charge in [0.1, 0.15) is 5.82 Å². The SMILES string of the molecule is O=C([C@H]1[C@H]2CC[C@H](C2)[C@@H]1c1nc(-c2ccc(C(F)(F)F)cc2)no1)N1CCn2ccnc2C1. The van der Waals surface area contributed by atoms with Crippen molar-refractivity contribution in [2.75, 3.05) is 6.54 Å². The first kappa shape index (κ1) is 20.4. The van der Waals surface area contributed by atoms with Gasteiger partial charge in [0.25, 0.3) is 0 Å². The van der Waals surface area contributed by atoms with Crippen molar-refractivity contribution in [2.45, 2.75) is 44.4 Å². The van der Waals surface area contributed by atoms with E-state index in [-0.39, 0.29) is 29.5 Å². The van der Waals surface area contributed by atoms with Crippen molar-refractivity contribution in [2.24, 2.45) is 17.8 Å². The van der Waals surface area contributed by atoms with E-state index in [0.29, 0.717) is 30.5 Å². The van der Waals surface area contributed by atoms with Crippen LogP contribution in [-0.4, -0.2) is 37.0 Å². The van der Waals surface area contributed by atoms with Crippen LogP contribution >= 0.6 is 0 Å². The molecule has 2 fully saturated rings. The van der Waals surface area contributed by atoms with Gasteiger partial charge >= 0.3 is 6.18 Å². The molecule has 2 bridgehead atoms. The maximum Gasteiger partial charge on any atom is 0.416 e. The monoisotopic (exact) mass is 457 g/mol. The van der Waals surface area contributed by atoms with Gasteiger partial charge in [0.15, 0.2) is 0 Å². The fraction of sp³-hybridized carbons (Fsp3) is 0.478. The highest BCUT2D eigenvalue weighted by molar-refractivity contribution is 5.81. The van der Waals surface area contributed by atoms with Gasteiger partial charge in [0, 0.05) is 31.0 Å². The minimum absolute atomic E-state index is 0.107. The normalized spacial score (nSPS) is 26.6. The molecule has 2 aromatic heterocycles. The zero-order valence-electron chi connectivity index (χ0n) is 17.7. The Hall–Kier alpha value is -3.17. The minimum atomic E-state index is -4.40. The molecule has 0 N–H and O–H groups in total. The van der Waals surface area contributed by atoms with E-state index in [0.717, 1.165) is 43.8 Å². The summed E-state index contributed by atoms with van der Waals surface area (Å²) in [5, 5.41) is 4.03. The van der Waals surface area contributed by atoms with Gasteiger partial charge in [-0.15, -0.1) is 0 Å². The number of halogens is 3. The quantitative estimate of drug-likeness (QED) is 0.591. The first-order valence-electron chi connectivity index (χ1n) is 11.2. The topological polar surface area (TPSA) is 77.0 Å². The molecule has 0 radical (unpaired) electrons. The summed E-state index contributed by atoms with van der Waals surface area (Å²) in [4.78, 5) is 24.4. The fourth-order valence-electron chi connectivity index (χ4n) is 5.87. The second-order valence-corrected chi connectivity index (χ2v) is 9.21. The van der Waals surface area contributed by atoms with Gasteiger partial charge in [-0.1, -0.05) is 17.3 Å². The van der Waals surface area contributed by atoms with Gasteiger partial charge < -0.3 is 14.0 Å². The van der Waals surface area contributed by atoms with Crippen LogP contribution in [0.15, 0.2) is 41.2 Å². The summed E-state index contributed by atoms with van der Waals surface area (Å²) in [5.74, 6) is 1.86. The first-order valence-corrected chi connectivity index (χ1v) is 11.2. The van der Waals surface area contributed by atoms with Crippen molar-refractivity contribution < 1.29 is 22.5 Å². The average molecular weight is 457 g/mol. The van der Waals surface area contributed by atoms with Gasteiger partial charge in [-0.3, -0.25) is 4.79 Å². The number of amides is 1. The number of alkyl halides is 3. The van der Waals surface area contributed by atoms with Crippen LogP contribution in [0.4, 0.5) is 13.2 Å². The van der Waals surface area contributed by atoms with Crippen molar-refractivity contribution in [3.8, 4) is 11.4 Å². The van der Waals surface area contributed by atoms with Gasteiger partial charge in [-0.05, 0) is 43.2 Å². The summed E-state index contributed by atoms with van der Waals surface area (Å²) in [6.45, 7) is 1.86. The number of aromatic nitrogens is 4. The van der Waals surface area contributed by atoms with Crippen LogP contribution in [0.2, 0.25) is 0 Å². The number of imidazole rings is 1. The second-order valence-electron chi connectivity index (χ2n) is 9.21. The van der Waals surface area contributed by atoms with Crippen LogP contribution in [-0.2, 0) is 24.1 Å². The number of hydrogen-bond donors (Lipinski definition) is 0. The first-order chi connectivity index (χ1) is 15.9. The summed E-state index contributed by atoms with van der Waals surface area (Å²) in [5.41, 5.74) is -0.275. The Bertz CT molecular complexity index is 1190. The molecule has 7 nitrogen and oxygen atoms in total. The second kappa shape index (κ2) is 7.43. The van der Waals surface area contributed by atoms with E-state index in [9.17, 15) is 18.0 Å². The third-order valence-electron chi connectivity index (χ3n) is 7.46. The Morgan fingerprint density at radius 2 is 1.88 bits per heavy atom. The molecule has 1 aliphatic heterocycles. The van der Waals surface area contributed by atoms with Crippen LogP contribution < -0.4 is 0 Å². The maximum absolute atomic E-state index is 13.6. The van der Waals surface area contributed by atoms with Crippen molar-refractivity contribution in [1.82, 2.24) is 24.6 Å². The van der Waals surface area contributed by atoms with Crippen molar-refractivity contribution >= 4 is 5.91 Å². The zero-order valence-corrected chi connectivity index (χ0v) is 17.7. The standard InChI is InChI=1S/C23H22F3N5O2/c24-23(25,26)16-5-3-13(4-6-16)20-28-21(33-29-20)18-14-1-2-15(11-14)19(18)22(32)31-10-9-30-8-7-27-17(30)12-31/h3-8,14-15,18-19H,1-2,9-12H2/t14-,15+,18+,19+/m1/s1. The van der Waals surface area contributed by atoms with E-state index in [1.54, 1.807) is 6.20 Å². The van der Waals surface area contributed by atoms with E-state index in [2.05, 4.69) is 19.7 Å². The molecule has 1 aromatic carbocycles. The molecule has 0 saturated heterocycles. The molecule has 3 heterocycles. The molecule has 2 aliphatic carbocycles. The molecule has 3 aliphatic rings. The van der Waals surface area contributed by atoms with E-state index >= 15 is 0 Å². The molecule has 6 rings (SSSR count). The van der Waals surface area contributed by atoms with Gasteiger partial charge in [-0.2, -0.15) is 18.2 Å². The number of rotatable bonds is 3. The highest BCUT2D eigenvalue weighted by Crippen LogP contribution is 2.57. The number of carbonyl (C=O) groups excluding carboxylic acids is 1. The Morgan fingerprint density at radius 3 is 2.67 bits per heavy atom. The largest absolute Gasteiger partial charge is 0.416 e. The molecular weight excluding hydrogens is 435 g/mol. The van der Waals surface area contributed by atoms with Crippen LogP contribution in [0.25, 0.3) is 11.4 Å². The average Bonchev–Trinajstić information content (AvgIpc) is 3.60. The zero-order chi connectivity index (χ0) is 22.7. The Labute approximate surface area is 187 Å². The van der Waals surface area contributed by atoms with Crippen molar-refractivity contribution in [3.05, 3.63) is 53.9 Å². The number of hydrogen-bond acceptors (Lipinski definition) is 5. The summed E-state index contributed by atoms with van der Waals surface area (Å²) >= 11 is 0. The van der Waals surface area contributed by atoms with E-state index in [4.69, 9.17) is 4.52 Å². The number of fused-ring (bicyclic) bond motifs is 3. The van der Waals surface area contributed by atoms with E-state index in [1.807, 2.05) is 11.1 Å². The maximum atomic E-state index is 13.6. The Morgan fingerprint density at radius 1 is 1.09 bits per heavy atom. The minimum Gasteiger partial charge on any atom is -0.339 e. The predicted molar refractivity (Wildman–Crippen MR) is 109 cm³/mol. The summed E-state index contributed by atoms with van der Waals surface area (Å²) in [6, 6.07) is 4.71. The highest BCUT2D eigenvalue weighted by Gasteiger charge is 2.54. The van der Waals surface area contributed by atoms with Crippen LogP contribution in [0.3, 0.4) is 0 Å². The van der Waals surface area contributed by atoms with E-state index < -0.39 is 11.7 Å². The fourth-order valence-corrected chi connectivity index (χ4v) is 5.87. The molecular formula is C23H22F3N5O2. The molecule has 1 amide bonds. The van der Waals surface area contributed by atoms with Gasteiger partial charge in [-0.25, -0.2) is 4.98 Å². The lowest BCUT2D eigenvalue weighted by Gasteiger charge is -2.34. The smallest absolute Gasteiger partial charge is 0.339 e. The Balaban J connectivity index is 1.25. The molecule has 2 saturated carbocycles. The molecule has 4 atom stereocenters. The van der Waals surface area contributed by atoms with Gasteiger partial charge in [0.05, 0.1) is 23.9 Å². The molecule has 0 unspecified atom stereocenters. The summed E-state index contributed by atoms with van der Waals surface area (Å²) in [6.07, 6.45) is 2.27. The van der Waals surface area contributed by atoms with Crippen molar-refractivity contribution in [3.63, 3.8) is 0 Å². The third-order valence-corrected chi connectivity index (χ3v) is 7.46. The van der Waals surface area contributed by atoms with Crippen molar-refractivity contribution in [1.29, 1.82) is 0 Å². The molecule has 172 valence electrons. The summed E-state index contributed by atoms with van der Waals surface area (Å²) in [7, 11) is 0. The number of benzene rings is 1. The lowest BCUT2D eigenvalue weighted by Crippen LogP contribution is -2.44. The molecule has 3 aromatic rings. The van der Waals surface area contributed by atoms with Crippen LogP contribution in [0.5, 0.6) is 0 Å². The number of nitrogens with zero attached hydrogens (tertiary/aromatic N) is 5.